The minimum Gasteiger partial charge on any atom is -0.382 e. The van der Waals surface area contributed by atoms with Gasteiger partial charge in [-0.3, -0.25) is 9.59 Å². The molecule has 0 aromatic rings. The van der Waals surface area contributed by atoms with Gasteiger partial charge in [0.1, 0.15) is 6.04 Å². The van der Waals surface area contributed by atoms with Crippen LogP contribution in [-0.4, -0.2) is 31.6 Å². The number of methoxy groups -OCH3 is 1. The van der Waals surface area contributed by atoms with Crippen molar-refractivity contribution in [3.63, 3.8) is 0 Å². The Bertz CT molecular complexity index is 327. The summed E-state index contributed by atoms with van der Waals surface area (Å²) < 4.78 is 4.94. The van der Waals surface area contributed by atoms with Gasteiger partial charge in [-0.25, -0.2) is 0 Å². The molecule has 0 aliphatic heterocycles. The van der Waals surface area contributed by atoms with Crippen molar-refractivity contribution in [1.82, 2.24) is 5.32 Å². The zero-order valence-electron chi connectivity index (χ0n) is 13.4. The van der Waals surface area contributed by atoms with Crippen molar-refractivity contribution in [1.29, 1.82) is 0 Å². The molecule has 1 fully saturated rings. The maximum absolute atomic E-state index is 12.4. The predicted octanol–water partition coefficient (Wildman–Crippen LogP) is 1.99. The van der Waals surface area contributed by atoms with Crippen molar-refractivity contribution < 1.29 is 14.3 Å². The Morgan fingerprint density at radius 2 is 1.95 bits per heavy atom. The van der Waals surface area contributed by atoms with Gasteiger partial charge in [-0.2, -0.15) is 0 Å². The van der Waals surface area contributed by atoms with Gasteiger partial charge in [0, 0.05) is 13.0 Å². The summed E-state index contributed by atoms with van der Waals surface area (Å²) in [5.41, 5.74) is 5.30. The third kappa shape index (κ3) is 6.46. The van der Waals surface area contributed by atoms with E-state index in [0.29, 0.717) is 5.92 Å². The molecule has 1 aliphatic carbocycles. The molecule has 2 unspecified atom stereocenters. The topological polar surface area (TPSA) is 81.4 Å². The van der Waals surface area contributed by atoms with Gasteiger partial charge in [-0.1, -0.05) is 45.4 Å². The number of primary amides is 1. The second kappa shape index (κ2) is 9.77. The Labute approximate surface area is 128 Å². The highest BCUT2D eigenvalue weighted by Gasteiger charge is 2.26. The molecular formula is C16H30N2O3. The van der Waals surface area contributed by atoms with E-state index in [1.54, 1.807) is 0 Å². The van der Waals surface area contributed by atoms with Crippen LogP contribution in [0.3, 0.4) is 0 Å². The molecule has 5 heteroatoms. The lowest BCUT2D eigenvalue weighted by atomic mass is 9.81. The number of hydrogen-bond acceptors (Lipinski definition) is 3. The third-order valence-corrected chi connectivity index (χ3v) is 4.34. The molecule has 122 valence electrons. The van der Waals surface area contributed by atoms with Gasteiger partial charge in [0.15, 0.2) is 0 Å². The zero-order valence-corrected chi connectivity index (χ0v) is 13.4. The summed E-state index contributed by atoms with van der Waals surface area (Å²) in [4.78, 5) is 23.7. The van der Waals surface area contributed by atoms with E-state index in [-0.39, 0.29) is 18.4 Å². The van der Waals surface area contributed by atoms with Crippen LogP contribution in [0.5, 0.6) is 0 Å². The maximum atomic E-state index is 12.4. The molecule has 2 amide bonds. The van der Waals surface area contributed by atoms with E-state index in [0.717, 1.165) is 19.3 Å². The first kappa shape index (κ1) is 18.0. The van der Waals surface area contributed by atoms with Gasteiger partial charge in [0.25, 0.3) is 0 Å². The maximum Gasteiger partial charge on any atom is 0.242 e. The summed E-state index contributed by atoms with van der Waals surface area (Å²) >= 11 is 0. The van der Waals surface area contributed by atoms with Crippen molar-refractivity contribution in [2.45, 2.75) is 64.3 Å². The van der Waals surface area contributed by atoms with Gasteiger partial charge in [0.2, 0.25) is 11.8 Å². The Hall–Kier alpha value is -1.10. The summed E-state index contributed by atoms with van der Waals surface area (Å²) in [5.74, 6) is 0.0358. The lowest BCUT2D eigenvalue weighted by Gasteiger charge is -2.27. The molecule has 2 atom stereocenters. The van der Waals surface area contributed by atoms with Crippen LogP contribution in [0.15, 0.2) is 0 Å². The van der Waals surface area contributed by atoms with Crippen LogP contribution in [0.4, 0.5) is 0 Å². The van der Waals surface area contributed by atoms with Crippen molar-refractivity contribution in [3.05, 3.63) is 0 Å². The van der Waals surface area contributed by atoms with Crippen molar-refractivity contribution in [2.24, 2.45) is 17.6 Å². The molecule has 0 spiro atoms. The Morgan fingerprint density at radius 3 is 2.48 bits per heavy atom. The molecule has 5 nitrogen and oxygen atoms in total. The number of ether oxygens (including phenoxy) is 1. The lowest BCUT2D eigenvalue weighted by molar-refractivity contribution is -0.131. The lowest BCUT2D eigenvalue weighted by Crippen LogP contribution is -2.49. The zero-order chi connectivity index (χ0) is 15.7. The monoisotopic (exact) mass is 298 g/mol. The normalized spacial score (nSPS) is 19.0. The van der Waals surface area contributed by atoms with Gasteiger partial charge in [-0.15, -0.1) is 0 Å². The molecule has 3 N–H and O–H groups in total. The number of rotatable bonds is 9. The highest BCUT2D eigenvalue weighted by atomic mass is 16.5. The fraction of sp³-hybridized carbons (Fsp3) is 0.875. The summed E-state index contributed by atoms with van der Waals surface area (Å²) in [6.07, 6.45) is 9.08. The predicted molar refractivity (Wildman–Crippen MR) is 82.6 cm³/mol. The number of nitrogens with one attached hydrogen (secondary N) is 1. The van der Waals surface area contributed by atoms with Crippen LogP contribution in [0.2, 0.25) is 0 Å². The van der Waals surface area contributed by atoms with Crippen molar-refractivity contribution in [2.75, 3.05) is 13.7 Å². The van der Waals surface area contributed by atoms with Gasteiger partial charge < -0.3 is 15.8 Å². The molecule has 0 saturated heterocycles. The van der Waals surface area contributed by atoms with Crippen LogP contribution in [0, 0.1) is 11.8 Å². The standard InChI is InChI=1S/C16H30N2O3/c1-3-7-13(10-12-8-5-4-6-9-12)16(20)18-14(11-21-2)15(17)19/h12-14H,3-11H2,1-2H3,(H2,17,19)(H,18,20). The molecule has 0 aromatic heterocycles. The Morgan fingerprint density at radius 1 is 1.29 bits per heavy atom. The smallest absolute Gasteiger partial charge is 0.242 e. The van der Waals surface area contributed by atoms with Gasteiger partial charge in [0.05, 0.1) is 6.61 Å². The first-order valence-corrected chi connectivity index (χ1v) is 8.17. The van der Waals surface area contributed by atoms with E-state index in [4.69, 9.17) is 10.5 Å². The minimum absolute atomic E-state index is 0.0168. The Balaban J connectivity index is 2.56. The molecule has 0 heterocycles. The fourth-order valence-corrected chi connectivity index (χ4v) is 3.18. The number of carbonyl (C=O) groups excluding carboxylic acids is 2. The second-order valence-electron chi connectivity index (χ2n) is 6.14. The van der Waals surface area contributed by atoms with E-state index in [9.17, 15) is 9.59 Å². The largest absolute Gasteiger partial charge is 0.382 e. The van der Waals surface area contributed by atoms with Gasteiger partial charge in [-0.05, 0) is 18.8 Å². The average molecular weight is 298 g/mol. The second-order valence-corrected chi connectivity index (χ2v) is 6.14. The van der Waals surface area contributed by atoms with Crippen LogP contribution in [0.25, 0.3) is 0 Å². The highest BCUT2D eigenvalue weighted by molar-refractivity contribution is 5.87. The number of nitrogens with two attached hydrogens (primary N) is 1. The van der Waals surface area contributed by atoms with E-state index in [1.165, 1.54) is 39.2 Å². The molecule has 1 rings (SSSR count). The van der Waals surface area contributed by atoms with E-state index >= 15 is 0 Å². The first-order chi connectivity index (χ1) is 10.1. The molecule has 21 heavy (non-hydrogen) atoms. The molecule has 0 aromatic carbocycles. The van der Waals surface area contributed by atoms with Crippen molar-refractivity contribution >= 4 is 11.8 Å². The van der Waals surface area contributed by atoms with Crippen LogP contribution in [-0.2, 0) is 14.3 Å². The van der Waals surface area contributed by atoms with Crippen LogP contribution < -0.4 is 11.1 Å². The molecular weight excluding hydrogens is 268 g/mol. The van der Waals surface area contributed by atoms with Crippen LogP contribution in [0.1, 0.15) is 58.3 Å². The SMILES string of the molecule is CCCC(CC1CCCCC1)C(=O)NC(COC)C(N)=O. The third-order valence-electron chi connectivity index (χ3n) is 4.34. The fourth-order valence-electron chi connectivity index (χ4n) is 3.18. The van der Waals surface area contributed by atoms with E-state index in [2.05, 4.69) is 12.2 Å². The van der Waals surface area contributed by atoms with Gasteiger partial charge >= 0.3 is 0 Å². The molecule has 1 aliphatic rings. The molecule has 1 saturated carbocycles. The summed E-state index contributed by atoms with van der Waals surface area (Å²) in [5, 5.41) is 2.75. The highest BCUT2D eigenvalue weighted by Crippen LogP contribution is 2.30. The summed E-state index contributed by atoms with van der Waals surface area (Å²) in [6.45, 7) is 2.21. The van der Waals surface area contributed by atoms with Crippen molar-refractivity contribution in [3.8, 4) is 0 Å². The van der Waals surface area contributed by atoms with E-state index in [1.807, 2.05) is 0 Å². The number of carbonyl (C=O) groups is 2. The number of amides is 2. The first-order valence-electron chi connectivity index (χ1n) is 8.17. The average Bonchev–Trinajstić information content (AvgIpc) is 2.47. The Kier molecular flexibility index (Phi) is 8.35. The molecule has 0 bridgehead atoms. The number of hydrogen-bond donors (Lipinski definition) is 2. The molecule has 0 radical (unpaired) electrons. The quantitative estimate of drug-likeness (QED) is 0.683. The minimum atomic E-state index is -0.729. The summed E-state index contributed by atoms with van der Waals surface area (Å²) in [6, 6.07) is -0.729. The van der Waals surface area contributed by atoms with Crippen LogP contribution >= 0.6 is 0 Å². The summed E-state index contributed by atoms with van der Waals surface area (Å²) in [7, 11) is 1.49. The van der Waals surface area contributed by atoms with E-state index < -0.39 is 11.9 Å².